The quantitative estimate of drug-likeness (QED) is 0.772. The van der Waals surface area contributed by atoms with Crippen LogP contribution in [0.4, 0.5) is 0 Å². The van der Waals surface area contributed by atoms with E-state index in [-0.39, 0.29) is 11.4 Å². The summed E-state index contributed by atoms with van der Waals surface area (Å²) in [5.74, 6) is 0.264. The van der Waals surface area contributed by atoms with Crippen LogP contribution in [0.2, 0.25) is 0 Å². The van der Waals surface area contributed by atoms with Crippen molar-refractivity contribution in [2.24, 2.45) is 5.73 Å². The molecule has 1 amide bonds. The van der Waals surface area contributed by atoms with E-state index in [1.807, 2.05) is 11.0 Å². The topological polar surface area (TPSA) is 58.8 Å². The van der Waals surface area contributed by atoms with Crippen LogP contribution in [-0.4, -0.2) is 67.2 Å². The minimum absolute atomic E-state index is 0.0421. The van der Waals surface area contributed by atoms with Gasteiger partial charge >= 0.3 is 0 Å². The number of carbonyl (C=O) groups is 1. The van der Waals surface area contributed by atoms with Crippen molar-refractivity contribution < 1.29 is 9.53 Å². The summed E-state index contributed by atoms with van der Waals surface area (Å²) in [6.07, 6.45) is 6.23. The van der Waals surface area contributed by atoms with E-state index >= 15 is 0 Å². The summed E-state index contributed by atoms with van der Waals surface area (Å²) in [4.78, 5) is 17.7. The summed E-state index contributed by atoms with van der Waals surface area (Å²) in [6.45, 7) is 5.39. The number of nitrogens with zero attached hydrogens (tertiary/aromatic N) is 2. The Morgan fingerprint density at radius 1 is 1.12 bits per heavy atom. The first kappa shape index (κ1) is 19.3. The Balaban J connectivity index is 1.63. The monoisotopic (exact) mass is 359 g/mol. The second-order valence-electron chi connectivity index (χ2n) is 7.61. The van der Waals surface area contributed by atoms with Crippen molar-refractivity contribution >= 4 is 5.91 Å². The fourth-order valence-corrected chi connectivity index (χ4v) is 4.49. The number of hydrogen-bond acceptors (Lipinski definition) is 4. The first-order chi connectivity index (χ1) is 12.7. The van der Waals surface area contributed by atoms with E-state index in [0.29, 0.717) is 19.5 Å². The molecular weight excluding hydrogens is 326 g/mol. The number of rotatable bonds is 8. The number of ether oxygens (including phenoxy) is 1. The highest BCUT2D eigenvalue weighted by Crippen LogP contribution is 2.39. The van der Waals surface area contributed by atoms with Gasteiger partial charge in [-0.1, -0.05) is 43.2 Å². The average molecular weight is 360 g/mol. The molecule has 26 heavy (non-hydrogen) atoms. The molecule has 1 aliphatic carbocycles. The molecule has 5 heteroatoms. The van der Waals surface area contributed by atoms with Crippen LogP contribution in [-0.2, 0) is 16.0 Å². The maximum Gasteiger partial charge on any atom is 0.224 e. The fraction of sp³-hybridized carbons (Fsp3) is 0.667. The van der Waals surface area contributed by atoms with Crippen molar-refractivity contribution in [3.63, 3.8) is 0 Å². The molecule has 3 rings (SSSR count). The van der Waals surface area contributed by atoms with Gasteiger partial charge in [0.2, 0.25) is 5.91 Å². The van der Waals surface area contributed by atoms with Gasteiger partial charge < -0.3 is 15.4 Å². The van der Waals surface area contributed by atoms with E-state index in [1.54, 1.807) is 0 Å². The van der Waals surface area contributed by atoms with Crippen LogP contribution in [0.1, 0.15) is 37.7 Å². The zero-order chi connectivity index (χ0) is 18.2. The van der Waals surface area contributed by atoms with Crippen LogP contribution in [0.3, 0.4) is 0 Å². The van der Waals surface area contributed by atoms with E-state index in [2.05, 4.69) is 29.2 Å². The molecule has 1 aromatic rings. The maximum absolute atomic E-state index is 13.2. The molecule has 2 N–H and O–H groups in total. The zero-order valence-electron chi connectivity index (χ0n) is 15.9. The summed E-state index contributed by atoms with van der Waals surface area (Å²) in [6, 6.07) is 10.4. The standard InChI is InChI=1S/C21H33N3O2/c22-11-13-23(12-8-19-6-2-1-3-7-19)20(25)18-21(9-4-5-10-21)24-14-16-26-17-15-24/h1-3,6-7H,4-5,8-18,22H2. The minimum atomic E-state index is 0.0421. The van der Waals surface area contributed by atoms with Gasteiger partial charge in [0.05, 0.1) is 13.2 Å². The molecule has 2 aliphatic rings. The van der Waals surface area contributed by atoms with Crippen molar-refractivity contribution in [1.29, 1.82) is 0 Å². The molecule has 1 heterocycles. The molecule has 0 unspecified atom stereocenters. The van der Waals surface area contributed by atoms with Crippen LogP contribution >= 0.6 is 0 Å². The SMILES string of the molecule is NCCN(CCc1ccccc1)C(=O)CC1(N2CCOCC2)CCCC1. The summed E-state index contributed by atoms with van der Waals surface area (Å²) >= 11 is 0. The predicted octanol–water partition coefficient (Wildman–Crippen LogP) is 2.05. The van der Waals surface area contributed by atoms with Gasteiger partial charge in [0.15, 0.2) is 0 Å². The fourth-order valence-electron chi connectivity index (χ4n) is 4.49. The smallest absolute Gasteiger partial charge is 0.224 e. The van der Waals surface area contributed by atoms with Gasteiger partial charge in [-0.3, -0.25) is 9.69 Å². The molecule has 144 valence electrons. The Bertz CT molecular complexity index is 552. The number of morpholine rings is 1. The molecule has 1 saturated carbocycles. The molecule has 0 aromatic heterocycles. The van der Waals surface area contributed by atoms with Gasteiger partial charge in [0.1, 0.15) is 0 Å². The van der Waals surface area contributed by atoms with Gasteiger partial charge in [-0.05, 0) is 24.8 Å². The van der Waals surface area contributed by atoms with Crippen molar-refractivity contribution in [3.8, 4) is 0 Å². The first-order valence-corrected chi connectivity index (χ1v) is 10.1. The van der Waals surface area contributed by atoms with E-state index in [9.17, 15) is 4.79 Å². The average Bonchev–Trinajstić information content (AvgIpc) is 3.16. The van der Waals surface area contributed by atoms with Gasteiger partial charge in [0.25, 0.3) is 0 Å². The lowest BCUT2D eigenvalue weighted by atomic mass is 9.89. The van der Waals surface area contributed by atoms with Crippen molar-refractivity contribution in [1.82, 2.24) is 9.80 Å². The number of hydrogen-bond donors (Lipinski definition) is 1. The molecule has 2 fully saturated rings. The Kier molecular flexibility index (Phi) is 7.06. The Morgan fingerprint density at radius 3 is 2.46 bits per heavy atom. The second kappa shape index (κ2) is 9.49. The molecular formula is C21H33N3O2. The lowest BCUT2D eigenvalue weighted by molar-refractivity contribution is -0.135. The third-order valence-electron chi connectivity index (χ3n) is 5.96. The van der Waals surface area contributed by atoms with E-state index in [4.69, 9.17) is 10.5 Å². The van der Waals surface area contributed by atoms with Crippen LogP contribution < -0.4 is 5.73 Å². The summed E-state index contributed by atoms with van der Waals surface area (Å²) in [7, 11) is 0. The number of benzene rings is 1. The van der Waals surface area contributed by atoms with Gasteiger partial charge in [-0.15, -0.1) is 0 Å². The highest BCUT2D eigenvalue weighted by molar-refractivity contribution is 5.77. The molecule has 0 bridgehead atoms. The largest absolute Gasteiger partial charge is 0.379 e. The second-order valence-corrected chi connectivity index (χ2v) is 7.61. The van der Waals surface area contributed by atoms with E-state index in [1.165, 1.54) is 18.4 Å². The normalized spacial score (nSPS) is 20.2. The van der Waals surface area contributed by atoms with Crippen molar-refractivity contribution in [2.45, 2.75) is 44.1 Å². The molecule has 1 aromatic carbocycles. The summed E-state index contributed by atoms with van der Waals surface area (Å²) in [5.41, 5.74) is 7.11. The van der Waals surface area contributed by atoms with Gasteiger partial charge in [0, 0.05) is 44.7 Å². The third-order valence-corrected chi connectivity index (χ3v) is 5.96. The van der Waals surface area contributed by atoms with Crippen molar-refractivity contribution in [2.75, 3.05) is 45.9 Å². The maximum atomic E-state index is 13.2. The molecule has 5 nitrogen and oxygen atoms in total. The Hall–Kier alpha value is -1.43. The molecule has 1 saturated heterocycles. The van der Waals surface area contributed by atoms with E-state index in [0.717, 1.165) is 52.1 Å². The first-order valence-electron chi connectivity index (χ1n) is 10.1. The third kappa shape index (κ3) is 4.84. The highest BCUT2D eigenvalue weighted by atomic mass is 16.5. The van der Waals surface area contributed by atoms with E-state index < -0.39 is 0 Å². The molecule has 1 aliphatic heterocycles. The molecule has 0 spiro atoms. The molecule has 0 atom stereocenters. The van der Waals surface area contributed by atoms with Crippen LogP contribution in [0.25, 0.3) is 0 Å². The Labute approximate surface area is 157 Å². The van der Waals surface area contributed by atoms with Crippen LogP contribution in [0.5, 0.6) is 0 Å². The van der Waals surface area contributed by atoms with Crippen LogP contribution in [0, 0.1) is 0 Å². The summed E-state index contributed by atoms with van der Waals surface area (Å²) in [5, 5.41) is 0. The number of nitrogens with two attached hydrogens (primary N) is 1. The van der Waals surface area contributed by atoms with Crippen LogP contribution in [0.15, 0.2) is 30.3 Å². The minimum Gasteiger partial charge on any atom is -0.379 e. The molecule has 0 radical (unpaired) electrons. The summed E-state index contributed by atoms with van der Waals surface area (Å²) < 4.78 is 5.53. The number of carbonyl (C=O) groups excluding carboxylic acids is 1. The van der Waals surface area contributed by atoms with Crippen molar-refractivity contribution in [3.05, 3.63) is 35.9 Å². The Morgan fingerprint density at radius 2 is 1.81 bits per heavy atom. The zero-order valence-corrected chi connectivity index (χ0v) is 15.9. The lowest BCUT2D eigenvalue weighted by Crippen LogP contribution is -2.54. The highest BCUT2D eigenvalue weighted by Gasteiger charge is 2.42. The predicted molar refractivity (Wildman–Crippen MR) is 104 cm³/mol. The number of amides is 1. The van der Waals surface area contributed by atoms with Gasteiger partial charge in [-0.2, -0.15) is 0 Å². The lowest BCUT2D eigenvalue weighted by Gasteiger charge is -2.44. The van der Waals surface area contributed by atoms with Gasteiger partial charge in [-0.25, -0.2) is 0 Å².